The Hall–Kier alpha value is -0.150. The van der Waals surface area contributed by atoms with E-state index in [1.165, 1.54) is 6.42 Å². The number of alkyl halides is 1. The van der Waals surface area contributed by atoms with Crippen LogP contribution in [0.1, 0.15) is 33.6 Å². The Kier molecular flexibility index (Phi) is 5.54. The van der Waals surface area contributed by atoms with Crippen molar-refractivity contribution in [2.45, 2.75) is 45.7 Å². The minimum atomic E-state index is -0.217. The first kappa shape index (κ1) is 12.9. The predicted molar refractivity (Wildman–Crippen MR) is 62.9 cm³/mol. The topological polar surface area (TPSA) is 15.3 Å². The van der Waals surface area contributed by atoms with Crippen LogP contribution in [0.5, 0.6) is 0 Å². The second-order valence-corrected chi connectivity index (χ2v) is 4.98. The fraction of sp³-hybridized carbons (Fsp3) is 1.00. The first-order valence-electron chi connectivity index (χ1n) is 6.20. The van der Waals surface area contributed by atoms with Gasteiger partial charge in [-0.1, -0.05) is 20.8 Å². The van der Waals surface area contributed by atoms with Gasteiger partial charge < -0.3 is 5.32 Å². The third-order valence-corrected chi connectivity index (χ3v) is 3.22. The number of nitrogens with one attached hydrogen (secondary N) is 1. The van der Waals surface area contributed by atoms with Crippen molar-refractivity contribution in [2.24, 2.45) is 5.92 Å². The number of halogens is 1. The zero-order valence-electron chi connectivity index (χ0n) is 10.3. The van der Waals surface area contributed by atoms with Crippen LogP contribution in [0, 0.1) is 5.92 Å². The van der Waals surface area contributed by atoms with E-state index in [4.69, 9.17) is 0 Å². The van der Waals surface area contributed by atoms with Crippen molar-refractivity contribution in [3.05, 3.63) is 0 Å². The molecule has 90 valence electrons. The fourth-order valence-corrected chi connectivity index (χ4v) is 2.36. The Balaban J connectivity index is 2.46. The standard InChI is InChI=1S/C12H25FN2/c1-4-11-9-15(6-5-13)12(8-14-11)7-10(2)3/h10-12,14H,4-9H2,1-3H3. The summed E-state index contributed by atoms with van der Waals surface area (Å²) >= 11 is 0. The zero-order valence-corrected chi connectivity index (χ0v) is 10.3. The highest BCUT2D eigenvalue weighted by Crippen LogP contribution is 2.16. The molecular weight excluding hydrogens is 191 g/mol. The lowest BCUT2D eigenvalue weighted by Gasteiger charge is -2.40. The monoisotopic (exact) mass is 216 g/mol. The summed E-state index contributed by atoms with van der Waals surface area (Å²) in [6.45, 7) is 9.09. The molecule has 2 atom stereocenters. The van der Waals surface area contributed by atoms with E-state index in [2.05, 4.69) is 31.0 Å². The molecule has 1 N–H and O–H groups in total. The molecule has 1 heterocycles. The Morgan fingerprint density at radius 2 is 2.20 bits per heavy atom. The maximum atomic E-state index is 12.5. The van der Waals surface area contributed by atoms with Crippen molar-refractivity contribution in [1.82, 2.24) is 10.2 Å². The molecule has 2 unspecified atom stereocenters. The van der Waals surface area contributed by atoms with Gasteiger partial charge in [0.05, 0.1) is 0 Å². The van der Waals surface area contributed by atoms with Gasteiger partial charge >= 0.3 is 0 Å². The van der Waals surface area contributed by atoms with Crippen LogP contribution in [-0.2, 0) is 0 Å². The summed E-state index contributed by atoms with van der Waals surface area (Å²) in [6.07, 6.45) is 2.31. The Labute approximate surface area is 93.2 Å². The van der Waals surface area contributed by atoms with Crippen LogP contribution in [-0.4, -0.2) is 43.3 Å². The van der Waals surface area contributed by atoms with Crippen molar-refractivity contribution in [3.63, 3.8) is 0 Å². The molecule has 0 saturated carbocycles. The van der Waals surface area contributed by atoms with Crippen LogP contribution in [0.2, 0.25) is 0 Å². The van der Waals surface area contributed by atoms with Crippen LogP contribution in [0.15, 0.2) is 0 Å². The Morgan fingerprint density at radius 1 is 1.47 bits per heavy atom. The van der Waals surface area contributed by atoms with Gasteiger partial charge in [-0.25, -0.2) is 4.39 Å². The highest BCUT2D eigenvalue weighted by Gasteiger charge is 2.26. The van der Waals surface area contributed by atoms with Gasteiger partial charge in [0.15, 0.2) is 0 Å². The lowest BCUT2D eigenvalue weighted by atomic mass is 9.98. The van der Waals surface area contributed by atoms with Crippen LogP contribution in [0.25, 0.3) is 0 Å². The van der Waals surface area contributed by atoms with Gasteiger partial charge in [-0.3, -0.25) is 4.90 Å². The van der Waals surface area contributed by atoms with Crippen molar-refractivity contribution in [2.75, 3.05) is 26.3 Å². The van der Waals surface area contributed by atoms with Gasteiger partial charge in [0.25, 0.3) is 0 Å². The van der Waals surface area contributed by atoms with Crippen LogP contribution in [0.4, 0.5) is 4.39 Å². The highest BCUT2D eigenvalue weighted by molar-refractivity contribution is 4.85. The molecule has 1 aliphatic rings. The summed E-state index contributed by atoms with van der Waals surface area (Å²) in [6, 6.07) is 1.09. The van der Waals surface area contributed by atoms with E-state index < -0.39 is 0 Å². The molecule has 0 radical (unpaired) electrons. The second-order valence-electron chi connectivity index (χ2n) is 4.98. The first-order chi connectivity index (χ1) is 7.17. The summed E-state index contributed by atoms with van der Waals surface area (Å²) in [4.78, 5) is 2.32. The van der Waals surface area contributed by atoms with E-state index in [9.17, 15) is 4.39 Å². The minimum Gasteiger partial charge on any atom is -0.311 e. The van der Waals surface area contributed by atoms with Gasteiger partial charge in [0.2, 0.25) is 0 Å². The minimum absolute atomic E-state index is 0.217. The average Bonchev–Trinajstić information content (AvgIpc) is 2.20. The van der Waals surface area contributed by atoms with E-state index in [-0.39, 0.29) is 6.67 Å². The number of hydrogen-bond donors (Lipinski definition) is 1. The summed E-state index contributed by atoms with van der Waals surface area (Å²) in [5.41, 5.74) is 0. The Bertz CT molecular complexity index is 173. The van der Waals surface area contributed by atoms with Crippen molar-refractivity contribution >= 4 is 0 Å². The van der Waals surface area contributed by atoms with E-state index in [0.29, 0.717) is 24.5 Å². The van der Waals surface area contributed by atoms with Crippen molar-refractivity contribution in [1.29, 1.82) is 0 Å². The molecule has 1 fully saturated rings. The van der Waals surface area contributed by atoms with E-state index >= 15 is 0 Å². The molecular formula is C12H25FN2. The molecule has 0 bridgehead atoms. The molecule has 2 nitrogen and oxygen atoms in total. The van der Waals surface area contributed by atoms with Crippen molar-refractivity contribution in [3.8, 4) is 0 Å². The van der Waals surface area contributed by atoms with Gasteiger partial charge in [0, 0.05) is 31.7 Å². The summed E-state index contributed by atoms with van der Waals surface area (Å²) < 4.78 is 12.5. The number of nitrogens with zero attached hydrogens (tertiary/aromatic N) is 1. The van der Waals surface area contributed by atoms with Gasteiger partial charge in [-0.2, -0.15) is 0 Å². The van der Waals surface area contributed by atoms with E-state index in [0.717, 1.165) is 19.5 Å². The lowest BCUT2D eigenvalue weighted by Crippen LogP contribution is -2.57. The fourth-order valence-electron chi connectivity index (χ4n) is 2.36. The molecule has 0 aromatic rings. The van der Waals surface area contributed by atoms with Gasteiger partial charge in [-0.05, 0) is 18.8 Å². The quantitative estimate of drug-likeness (QED) is 0.756. The van der Waals surface area contributed by atoms with Crippen LogP contribution < -0.4 is 5.32 Å². The number of hydrogen-bond acceptors (Lipinski definition) is 2. The molecule has 15 heavy (non-hydrogen) atoms. The van der Waals surface area contributed by atoms with Crippen LogP contribution in [0.3, 0.4) is 0 Å². The molecule has 0 aromatic heterocycles. The molecule has 0 aliphatic carbocycles. The number of piperazine rings is 1. The predicted octanol–water partition coefficient (Wildman–Crippen LogP) is 2.05. The molecule has 0 amide bonds. The molecule has 0 spiro atoms. The summed E-state index contributed by atoms with van der Waals surface area (Å²) in [5, 5.41) is 3.55. The smallest absolute Gasteiger partial charge is 0.102 e. The van der Waals surface area contributed by atoms with Crippen LogP contribution >= 0.6 is 0 Å². The normalized spacial score (nSPS) is 28.6. The summed E-state index contributed by atoms with van der Waals surface area (Å²) in [7, 11) is 0. The van der Waals surface area contributed by atoms with E-state index in [1.807, 2.05) is 0 Å². The highest BCUT2D eigenvalue weighted by atomic mass is 19.1. The van der Waals surface area contributed by atoms with E-state index in [1.54, 1.807) is 0 Å². The second kappa shape index (κ2) is 6.44. The molecule has 3 heteroatoms. The molecule has 1 aliphatic heterocycles. The van der Waals surface area contributed by atoms with Gasteiger partial charge in [-0.15, -0.1) is 0 Å². The molecule has 0 aromatic carbocycles. The Morgan fingerprint density at radius 3 is 2.73 bits per heavy atom. The van der Waals surface area contributed by atoms with Crippen molar-refractivity contribution < 1.29 is 4.39 Å². The lowest BCUT2D eigenvalue weighted by molar-refractivity contribution is 0.105. The number of rotatable bonds is 5. The average molecular weight is 216 g/mol. The maximum Gasteiger partial charge on any atom is 0.102 e. The third kappa shape index (κ3) is 4.07. The SMILES string of the molecule is CCC1CN(CCF)C(CC(C)C)CN1. The molecule has 1 rings (SSSR count). The largest absolute Gasteiger partial charge is 0.311 e. The molecule has 1 saturated heterocycles. The zero-order chi connectivity index (χ0) is 11.3. The maximum absolute atomic E-state index is 12.5. The van der Waals surface area contributed by atoms with Gasteiger partial charge in [0.1, 0.15) is 6.67 Å². The summed E-state index contributed by atoms with van der Waals surface area (Å²) in [5.74, 6) is 0.692. The first-order valence-corrected chi connectivity index (χ1v) is 6.20. The third-order valence-electron chi connectivity index (χ3n) is 3.22.